The molecule has 0 bridgehead atoms. The fourth-order valence-electron chi connectivity index (χ4n) is 1.83. The van der Waals surface area contributed by atoms with Crippen LogP contribution in [0.1, 0.15) is 43.0 Å². The molecule has 1 aromatic carbocycles. The van der Waals surface area contributed by atoms with Gasteiger partial charge in [0.2, 0.25) is 0 Å². The Balaban J connectivity index is 2.49. The zero-order valence-corrected chi connectivity index (χ0v) is 11.9. The molecule has 5 heteroatoms. The number of ether oxygens (including phenoxy) is 2. The minimum absolute atomic E-state index is 0.209. The van der Waals surface area contributed by atoms with Crippen LogP contribution in [0.3, 0.4) is 0 Å². The Morgan fingerprint density at radius 3 is 2.70 bits per heavy atom. The molecule has 0 radical (unpaired) electrons. The van der Waals surface area contributed by atoms with Crippen LogP contribution in [0.2, 0.25) is 0 Å². The lowest BCUT2D eigenvalue weighted by atomic mass is 10.1. The Kier molecular flexibility index (Phi) is 7.50. The molecule has 0 aromatic heterocycles. The molecule has 0 aliphatic rings. The van der Waals surface area contributed by atoms with E-state index >= 15 is 0 Å². The van der Waals surface area contributed by atoms with Gasteiger partial charge in [-0.1, -0.05) is 12.5 Å². The van der Waals surface area contributed by atoms with E-state index in [0.717, 1.165) is 25.7 Å². The van der Waals surface area contributed by atoms with Gasteiger partial charge in [0.15, 0.2) is 5.75 Å². The molecule has 0 unspecified atom stereocenters. The predicted octanol–water partition coefficient (Wildman–Crippen LogP) is 2.38. The fourth-order valence-corrected chi connectivity index (χ4v) is 1.83. The largest absolute Gasteiger partial charge is 0.491 e. The molecule has 0 aliphatic carbocycles. The van der Waals surface area contributed by atoms with Gasteiger partial charge in [-0.2, -0.15) is 0 Å². The van der Waals surface area contributed by atoms with Gasteiger partial charge in [0, 0.05) is 6.61 Å². The van der Waals surface area contributed by atoms with E-state index < -0.39 is 5.97 Å². The molecule has 0 saturated carbocycles. The van der Waals surface area contributed by atoms with Crippen LogP contribution in [0.25, 0.3) is 0 Å². The summed E-state index contributed by atoms with van der Waals surface area (Å²) >= 11 is 0. The second-order valence-electron chi connectivity index (χ2n) is 4.43. The SMILES string of the molecule is CCOc1c(N)cccc1C(=O)OCCCCCCO. The molecule has 0 fully saturated rings. The lowest BCUT2D eigenvalue weighted by molar-refractivity contribution is 0.0493. The Labute approximate surface area is 119 Å². The molecular formula is C15H23NO4. The molecule has 1 aromatic rings. The molecule has 0 saturated heterocycles. The van der Waals surface area contributed by atoms with Crippen LogP contribution in [0.15, 0.2) is 18.2 Å². The molecule has 0 aliphatic heterocycles. The van der Waals surface area contributed by atoms with Crippen molar-refractivity contribution in [2.45, 2.75) is 32.6 Å². The van der Waals surface area contributed by atoms with Gasteiger partial charge in [0.25, 0.3) is 0 Å². The van der Waals surface area contributed by atoms with Gasteiger partial charge in [-0.15, -0.1) is 0 Å². The highest BCUT2D eigenvalue weighted by Gasteiger charge is 2.15. The number of nitrogen functional groups attached to an aromatic ring is 1. The number of anilines is 1. The first-order valence-electron chi connectivity index (χ1n) is 7.00. The second kappa shape index (κ2) is 9.20. The fraction of sp³-hybridized carbons (Fsp3) is 0.533. The van der Waals surface area contributed by atoms with Crippen LogP contribution in [-0.4, -0.2) is 30.9 Å². The first-order valence-corrected chi connectivity index (χ1v) is 7.00. The molecular weight excluding hydrogens is 258 g/mol. The number of aliphatic hydroxyl groups excluding tert-OH is 1. The summed E-state index contributed by atoms with van der Waals surface area (Å²) in [7, 11) is 0. The summed E-state index contributed by atoms with van der Waals surface area (Å²) in [4.78, 5) is 12.0. The Morgan fingerprint density at radius 2 is 2.00 bits per heavy atom. The number of esters is 1. The van der Waals surface area contributed by atoms with Crippen LogP contribution in [0, 0.1) is 0 Å². The normalized spacial score (nSPS) is 10.3. The number of rotatable bonds is 9. The first kappa shape index (κ1) is 16.3. The van der Waals surface area contributed by atoms with E-state index in [1.807, 2.05) is 6.92 Å². The number of hydrogen-bond acceptors (Lipinski definition) is 5. The molecule has 5 nitrogen and oxygen atoms in total. The minimum atomic E-state index is -0.414. The number of carbonyl (C=O) groups excluding carboxylic acids is 1. The average molecular weight is 281 g/mol. The van der Waals surface area contributed by atoms with E-state index in [9.17, 15) is 4.79 Å². The summed E-state index contributed by atoms with van der Waals surface area (Å²) in [6.07, 6.45) is 3.45. The first-order chi connectivity index (χ1) is 9.70. The highest BCUT2D eigenvalue weighted by atomic mass is 16.5. The number of benzene rings is 1. The number of para-hydroxylation sites is 1. The molecule has 0 atom stereocenters. The molecule has 3 N–H and O–H groups in total. The maximum atomic E-state index is 12.0. The number of hydrogen-bond donors (Lipinski definition) is 2. The summed E-state index contributed by atoms with van der Waals surface area (Å²) in [5, 5.41) is 8.66. The van der Waals surface area contributed by atoms with Gasteiger partial charge < -0.3 is 20.3 Å². The van der Waals surface area contributed by atoms with Crippen molar-refractivity contribution in [2.24, 2.45) is 0 Å². The van der Waals surface area contributed by atoms with Crippen LogP contribution < -0.4 is 10.5 Å². The quantitative estimate of drug-likeness (QED) is 0.412. The van der Waals surface area contributed by atoms with Gasteiger partial charge in [-0.3, -0.25) is 0 Å². The van der Waals surface area contributed by atoms with Crippen molar-refractivity contribution in [1.82, 2.24) is 0 Å². The number of carbonyl (C=O) groups is 1. The third kappa shape index (κ3) is 5.09. The van der Waals surface area contributed by atoms with Crippen molar-refractivity contribution in [3.05, 3.63) is 23.8 Å². The highest BCUT2D eigenvalue weighted by Crippen LogP contribution is 2.27. The standard InChI is InChI=1S/C15H23NO4/c1-2-19-14-12(8-7-9-13(14)16)15(18)20-11-6-4-3-5-10-17/h7-9,17H,2-6,10-11,16H2,1H3. The lowest BCUT2D eigenvalue weighted by Gasteiger charge is -2.12. The van der Waals surface area contributed by atoms with E-state index in [4.69, 9.17) is 20.3 Å². The van der Waals surface area contributed by atoms with Crippen molar-refractivity contribution in [3.8, 4) is 5.75 Å². The monoisotopic (exact) mass is 281 g/mol. The van der Waals surface area contributed by atoms with Gasteiger partial charge in [0.1, 0.15) is 5.56 Å². The smallest absolute Gasteiger partial charge is 0.342 e. The van der Waals surface area contributed by atoms with E-state index in [-0.39, 0.29) is 6.61 Å². The van der Waals surface area contributed by atoms with Crippen molar-refractivity contribution >= 4 is 11.7 Å². The number of aliphatic hydroxyl groups is 1. The van der Waals surface area contributed by atoms with E-state index in [0.29, 0.717) is 30.2 Å². The highest BCUT2D eigenvalue weighted by molar-refractivity contribution is 5.94. The van der Waals surface area contributed by atoms with Gasteiger partial charge in [-0.25, -0.2) is 4.79 Å². The third-order valence-corrected chi connectivity index (χ3v) is 2.84. The third-order valence-electron chi connectivity index (χ3n) is 2.84. The van der Waals surface area contributed by atoms with Gasteiger partial charge in [-0.05, 0) is 38.3 Å². The van der Waals surface area contributed by atoms with Crippen LogP contribution >= 0.6 is 0 Å². The summed E-state index contributed by atoms with van der Waals surface area (Å²) in [6, 6.07) is 5.04. The molecule has 112 valence electrons. The van der Waals surface area contributed by atoms with E-state index in [1.165, 1.54) is 0 Å². The van der Waals surface area contributed by atoms with E-state index in [2.05, 4.69) is 0 Å². The van der Waals surface area contributed by atoms with Gasteiger partial charge >= 0.3 is 5.97 Å². The molecule has 0 spiro atoms. The molecule has 1 rings (SSSR count). The van der Waals surface area contributed by atoms with Crippen molar-refractivity contribution in [1.29, 1.82) is 0 Å². The zero-order valence-electron chi connectivity index (χ0n) is 11.9. The maximum Gasteiger partial charge on any atom is 0.342 e. The van der Waals surface area contributed by atoms with Gasteiger partial charge in [0.05, 0.1) is 18.9 Å². The average Bonchev–Trinajstić information content (AvgIpc) is 2.45. The molecule has 0 heterocycles. The van der Waals surface area contributed by atoms with E-state index in [1.54, 1.807) is 18.2 Å². The number of unbranched alkanes of at least 4 members (excludes halogenated alkanes) is 3. The summed E-state index contributed by atoms with van der Waals surface area (Å²) in [6.45, 7) is 2.85. The zero-order chi connectivity index (χ0) is 14.8. The molecule has 0 amide bonds. The number of nitrogens with two attached hydrogens (primary N) is 1. The second-order valence-corrected chi connectivity index (χ2v) is 4.43. The minimum Gasteiger partial charge on any atom is -0.491 e. The Hall–Kier alpha value is -1.75. The Bertz CT molecular complexity index is 420. The van der Waals surface area contributed by atoms with Crippen molar-refractivity contribution in [3.63, 3.8) is 0 Å². The lowest BCUT2D eigenvalue weighted by Crippen LogP contribution is -2.10. The predicted molar refractivity (Wildman–Crippen MR) is 77.9 cm³/mol. The summed E-state index contributed by atoms with van der Waals surface area (Å²) in [5.41, 5.74) is 6.60. The summed E-state index contributed by atoms with van der Waals surface area (Å²) < 4.78 is 10.6. The molecule has 20 heavy (non-hydrogen) atoms. The van der Waals surface area contributed by atoms with Crippen LogP contribution in [-0.2, 0) is 4.74 Å². The summed E-state index contributed by atoms with van der Waals surface area (Å²) in [5.74, 6) is -0.0248. The van der Waals surface area contributed by atoms with Crippen molar-refractivity contribution in [2.75, 3.05) is 25.6 Å². The topological polar surface area (TPSA) is 81.8 Å². The van der Waals surface area contributed by atoms with Crippen LogP contribution in [0.4, 0.5) is 5.69 Å². The Morgan fingerprint density at radius 1 is 1.25 bits per heavy atom. The van der Waals surface area contributed by atoms with Crippen molar-refractivity contribution < 1.29 is 19.4 Å². The van der Waals surface area contributed by atoms with Crippen LogP contribution in [0.5, 0.6) is 5.75 Å². The maximum absolute atomic E-state index is 12.0.